The van der Waals surface area contributed by atoms with Gasteiger partial charge in [0, 0.05) is 13.2 Å². The summed E-state index contributed by atoms with van der Waals surface area (Å²) in [5.41, 5.74) is -2.67. The van der Waals surface area contributed by atoms with Crippen molar-refractivity contribution in [2.24, 2.45) is 5.92 Å². The molecule has 198 valence electrons. The molecule has 0 atom stereocenters. The first-order valence-electron chi connectivity index (χ1n) is 11.4. The average Bonchev–Trinajstić information content (AvgIpc) is 2.76. The Morgan fingerprint density at radius 1 is 0.971 bits per heavy atom. The van der Waals surface area contributed by atoms with E-state index in [9.17, 15) is 35.5 Å². The van der Waals surface area contributed by atoms with Gasteiger partial charge in [-0.15, -0.1) is 0 Å². The Morgan fingerprint density at radius 2 is 1.54 bits per heavy atom. The van der Waals surface area contributed by atoms with Gasteiger partial charge in [0.2, 0.25) is 0 Å². The van der Waals surface area contributed by atoms with Gasteiger partial charge in [-0.2, -0.15) is 26.3 Å². The Morgan fingerprint density at radius 3 is 2.09 bits per heavy atom. The van der Waals surface area contributed by atoms with Gasteiger partial charge in [-0.3, -0.25) is 4.79 Å². The summed E-state index contributed by atoms with van der Waals surface area (Å²) in [4.78, 5) is 11.7. The number of allylic oxidation sites excluding steroid dienone is 3. The summed E-state index contributed by atoms with van der Waals surface area (Å²) in [5, 5.41) is 2.51. The average molecular weight is 512 g/mol. The van der Waals surface area contributed by atoms with Crippen molar-refractivity contribution in [3.05, 3.63) is 58.4 Å². The number of benzene rings is 1. The maximum absolute atomic E-state index is 14.0. The lowest BCUT2D eigenvalue weighted by Crippen LogP contribution is -2.27. The van der Waals surface area contributed by atoms with Crippen LogP contribution >= 0.6 is 0 Å². The van der Waals surface area contributed by atoms with Crippen molar-refractivity contribution in [1.82, 2.24) is 5.32 Å². The van der Waals surface area contributed by atoms with E-state index in [0.717, 1.165) is 19.3 Å². The second kappa shape index (κ2) is 14.3. The van der Waals surface area contributed by atoms with E-state index in [-0.39, 0.29) is 36.3 Å². The van der Waals surface area contributed by atoms with Crippen molar-refractivity contribution in [3.63, 3.8) is 0 Å². The van der Waals surface area contributed by atoms with Crippen LogP contribution in [0.25, 0.3) is 0 Å². The fraction of sp³-hybridized carbons (Fsp3) is 0.560. The molecule has 0 bridgehead atoms. The Kier molecular flexibility index (Phi) is 12.5. The number of ether oxygens (including phenoxy) is 1. The minimum atomic E-state index is -4.88. The van der Waals surface area contributed by atoms with E-state index in [1.54, 1.807) is 12.2 Å². The van der Waals surface area contributed by atoms with Crippen LogP contribution in [0.5, 0.6) is 0 Å². The van der Waals surface area contributed by atoms with Crippen LogP contribution in [0.3, 0.4) is 0 Å². The summed E-state index contributed by atoms with van der Waals surface area (Å²) in [5.74, 6) is -1.33. The molecule has 0 aliphatic carbocycles. The minimum Gasteiger partial charge on any atom is -0.377 e. The van der Waals surface area contributed by atoms with Crippen LogP contribution in [0.15, 0.2) is 41.8 Å². The highest BCUT2D eigenvalue weighted by Crippen LogP contribution is 2.36. The van der Waals surface area contributed by atoms with Gasteiger partial charge in [0.15, 0.2) is 5.83 Å². The summed E-state index contributed by atoms with van der Waals surface area (Å²) in [7, 11) is 0. The Bertz CT molecular complexity index is 839. The largest absolute Gasteiger partial charge is 0.416 e. The van der Waals surface area contributed by atoms with Crippen LogP contribution in [-0.2, 0) is 28.5 Å². The third kappa shape index (κ3) is 12.2. The first-order chi connectivity index (χ1) is 16.2. The number of halogens is 7. The zero-order valence-electron chi connectivity index (χ0n) is 20.1. The molecule has 0 heterocycles. The summed E-state index contributed by atoms with van der Waals surface area (Å²) in [6, 6.07) is 1.41. The number of hydrogen-bond donors (Lipinski definition) is 1. The van der Waals surface area contributed by atoms with E-state index < -0.39 is 35.2 Å². The quantitative estimate of drug-likeness (QED) is 0.127. The minimum absolute atomic E-state index is 0.0885. The Labute approximate surface area is 201 Å². The lowest BCUT2D eigenvalue weighted by atomic mass is 10.1. The molecule has 0 aliphatic heterocycles. The normalized spacial score (nSPS) is 13.5. The third-order valence-electron chi connectivity index (χ3n) is 4.91. The van der Waals surface area contributed by atoms with Gasteiger partial charge in [0.05, 0.1) is 17.7 Å². The van der Waals surface area contributed by atoms with Gasteiger partial charge < -0.3 is 10.1 Å². The van der Waals surface area contributed by atoms with E-state index in [4.69, 9.17) is 4.74 Å². The molecule has 10 heteroatoms. The van der Waals surface area contributed by atoms with Gasteiger partial charge in [-0.1, -0.05) is 38.8 Å². The van der Waals surface area contributed by atoms with E-state index in [1.165, 1.54) is 6.92 Å². The zero-order chi connectivity index (χ0) is 26.6. The molecular formula is C25H32F7NO2. The number of nitrogens with one attached hydrogen (secondary N) is 1. The predicted molar refractivity (Wildman–Crippen MR) is 120 cm³/mol. The number of amides is 1. The van der Waals surface area contributed by atoms with E-state index in [1.807, 2.05) is 13.8 Å². The van der Waals surface area contributed by atoms with Crippen molar-refractivity contribution in [2.75, 3.05) is 13.2 Å². The maximum Gasteiger partial charge on any atom is 0.416 e. The van der Waals surface area contributed by atoms with E-state index in [2.05, 4.69) is 5.32 Å². The molecule has 0 saturated heterocycles. The molecular weight excluding hydrogens is 479 g/mol. The van der Waals surface area contributed by atoms with Crippen LogP contribution in [0, 0.1) is 5.92 Å². The molecule has 1 aromatic rings. The topological polar surface area (TPSA) is 38.3 Å². The summed E-state index contributed by atoms with van der Waals surface area (Å²) in [6.45, 7) is 5.57. The molecule has 1 N–H and O–H groups in total. The number of alkyl halides is 6. The van der Waals surface area contributed by atoms with Crippen LogP contribution < -0.4 is 5.32 Å². The Hall–Kier alpha value is -2.36. The van der Waals surface area contributed by atoms with Crippen molar-refractivity contribution < 1.29 is 40.3 Å². The van der Waals surface area contributed by atoms with E-state index in [0.29, 0.717) is 31.5 Å². The SMILES string of the molecule is CC(/C=C/CCCCCCOCc1cc(C(F)(F)F)cc(C(F)(F)F)c1)=C(/F)C(=O)NCC(C)C. The molecule has 0 aromatic heterocycles. The van der Waals surface area contributed by atoms with Crippen molar-refractivity contribution in [2.45, 2.75) is 71.8 Å². The lowest BCUT2D eigenvalue weighted by Gasteiger charge is -2.14. The number of unbranched alkanes of at least 4 members (excludes halogenated alkanes) is 4. The van der Waals surface area contributed by atoms with Gasteiger partial charge in [0.25, 0.3) is 5.91 Å². The predicted octanol–water partition coefficient (Wildman–Crippen LogP) is 7.76. The second-order valence-corrected chi connectivity index (χ2v) is 8.67. The smallest absolute Gasteiger partial charge is 0.377 e. The van der Waals surface area contributed by atoms with Crippen LogP contribution in [0.2, 0.25) is 0 Å². The second-order valence-electron chi connectivity index (χ2n) is 8.67. The molecule has 0 fully saturated rings. The first-order valence-corrected chi connectivity index (χ1v) is 11.4. The molecule has 35 heavy (non-hydrogen) atoms. The monoisotopic (exact) mass is 511 g/mol. The number of carbonyl (C=O) groups is 1. The number of hydrogen-bond acceptors (Lipinski definition) is 2. The molecule has 0 radical (unpaired) electrons. The first kappa shape index (κ1) is 30.7. The maximum atomic E-state index is 14.0. The molecule has 3 nitrogen and oxygen atoms in total. The fourth-order valence-corrected chi connectivity index (χ4v) is 3.00. The summed E-state index contributed by atoms with van der Waals surface area (Å²) < 4.78 is 96.5. The number of carbonyl (C=O) groups excluding carboxylic acids is 1. The van der Waals surface area contributed by atoms with Crippen LogP contribution in [0.1, 0.15) is 69.6 Å². The van der Waals surface area contributed by atoms with Crippen LogP contribution in [0.4, 0.5) is 30.7 Å². The van der Waals surface area contributed by atoms with Crippen molar-refractivity contribution in [3.8, 4) is 0 Å². The molecule has 0 spiro atoms. The zero-order valence-corrected chi connectivity index (χ0v) is 20.1. The van der Waals surface area contributed by atoms with Gasteiger partial charge in [-0.25, -0.2) is 4.39 Å². The van der Waals surface area contributed by atoms with E-state index >= 15 is 0 Å². The molecule has 0 unspecified atom stereocenters. The van der Waals surface area contributed by atoms with Crippen LogP contribution in [-0.4, -0.2) is 19.1 Å². The lowest BCUT2D eigenvalue weighted by molar-refractivity contribution is -0.143. The highest BCUT2D eigenvalue weighted by atomic mass is 19.4. The molecule has 0 aliphatic rings. The van der Waals surface area contributed by atoms with Gasteiger partial charge in [-0.05, 0) is 61.4 Å². The standard InChI is InChI=1S/C25H32F7NO2/c1-17(2)15-33-23(34)22(26)18(3)10-8-6-4-5-7-9-11-35-16-19-12-20(24(27,28)29)14-21(13-19)25(30,31)32/h8,10,12-14,17H,4-7,9,11,15-16H2,1-3H3,(H,33,34)/b10-8+,22-18-. The third-order valence-corrected chi connectivity index (χ3v) is 4.91. The van der Waals surface area contributed by atoms with Crippen molar-refractivity contribution in [1.29, 1.82) is 0 Å². The Balaban J connectivity index is 2.35. The molecule has 1 rings (SSSR count). The molecule has 1 aromatic carbocycles. The molecule has 1 amide bonds. The highest BCUT2D eigenvalue weighted by molar-refractivity contribution is 5.92. The van der Waals surface area contributed by atoms with Gasteiger partial charge >= 0.3 is 12.4 Å². The highest BCUT2D eigenvalue weighted by Gasteiger charge is 2.36. The van der Waals surface area contributed by atoms with Crippen molar-refractivity contribution >= 4 is 5.91 Å². The number of rotatable bonds is 13. The van der Waals surface area contributed by atoms with Gasteiger partial charge in [0.1, 0.15) is 0 Å². The molecule has 0 saturated carbocycles. The summed E-state index contributed by atoms with van der Waals surface area (Å²) >= 11 is 0. The summed E-state index contributed by atoms with van der Waals surface area (Å²) in [6.07, 6.45) is -2.81. The fourth-order valence-electron chi connectivity index (χ4n) is 3.00.